The number of thioether (sulfide) groups is 1. The number of likely N-dealkylation sites (tertiary alicyclic amines) is 1. The second-order valence-corrected chi connectivity index (χ2v) is 6.46. The molecule has 0 atom stereocenters. The number of carbonyl (C=O) groups is 1. The van der Waals surface area contributed by atoms with Gasteiger partial charge in [0.05, 0.1) is 26.2 Å². The van der Waals surface area contributed by atoms with Gasteiger partial charge in [0.15, 0.2) is 16.7 Å². The number of rotatable bonds is 4. The van der Waals surface area contributed by atoms with E-state index < -0.39 is 0 Å². The Morgan fingerprint density at radius 1 is 1.04 bits per heavy atom. The van der Waals surface area contributed by atoms with Crippen LogP contribution in [0.5, 0.6) is 17.2 Å². The van der Waals surface area contributed by atoms with Gasteiger partial charge < -0.3 is 19.1 Å². The lowest BCUT2D eigenvalue weighted by Gasteiger charge is -2.15. The number of methoxy groups -OCH3 is 3. The molecule has 0 saturated carbocycles. The summed E-state index contributed by atoms with van der Waals surface area (Å²) < 4.78 is 16.0. The fourth-order valence-electron chi connectivity index (χ4n) is 2.75. The third-order valence-electron chi connectivity index (χ3n) is 4.01. The van der Waals surface area contributed by atoms with E-state index in [-0.39, 0.29) is 5.91 Å². The van der Waals surface area contributed by atoms with Crippen LogP contribution in [-0.4, -0.2) is 50.4 Å². The average molecular weight is 348 g/mol. The maximum absolute atomic E-state index is 12.2. The lowest BCUT2D eigenvalue weighted by molar-refractivity contribution is -0.113. The van der Waals surface area contributed by atoms with Gasteiger partial charge in [0.2, 0.25) is 0 Å². The molecule has 1 amide bonds. The van der Waals surface area contributed by atoms with Crippen LogP contribution in [0.2, 0.25) is 0 Å². The second kappa shape index (κ2) is 7.17. The first-order chi connectivity index (χ1) is 11.7. The molecule has 0 spiro atoms. The molecule has 1 fully saturated rings. The molecule has 3 rings (SSSR count). The minimum Gasteiger partial charge on any atom is -0.496 e. The van der Waals surface area contributed by atoms with Gasteiger partial charge in [-0.2, -0.15) is 4.99 Å². The zero-order chi connectivity index (χ0) is 17.1. The standard InChI is InChI=1S/C17H20N2O4S/c1-21-12-10-14(23-3)13(22-2)8-11(12)9-15-16(20)18-17(24-15)19-6-4-5-7-19/h8-10H,4-7H2,1-3H3. The minimum absolute atomic E-state index is 0.210. The number of aliphatic imine (C=N–C) groups is 1. The smallest absolute Gasteiger partial charge is 0.286 e. The SMILES string of the molecule is COc1cc(OC)c(OC)cc1C=C1SC(N2CCCC2)=NC1=O. The molecule has 1 aromatic rings. The van der Waals surface area contributed by atoms with Crippen molar-refractivity contribution in [2.24, 2.45) is 4.99 Å². The molecule has 1 aromatic carbocycles. The summed E-state index contributed by atoms with van der Waals surface area (Å²) in [6, 6.07) is 3.55. The summed E-state index contributed by atoms with van der Waals surface area (Å²) in [7, 11) is 4.73. The summed E-state index contributed by atoms with van der Waals surface area (Å²) in [6.45, 7) is 1.93. The van der Waals surface area contributed by atoms with E-state index in [1.165, 1.54) is 11.8 Å². The van der Waals surface area contributed by atoms with Crippen LogP contribution in [0.15, 0.2) is 22.0 Å². The molecule has 0 aromatic heterocycles. The summed E-state index contributed by atoms with van der Waals surface area (Å²) >= 11 is 1.41. The molecule has 0 N–H and O–H groups in total. The molecule has 2 aliphatic rings. The van der Waals surface area contributed by atoms with Gasteiger partial charge >= 0.3 is 0 Å². The highest BCUT2D eigenvalue weighted by atomic mass is 32.2. The highest BCUT2D eigenvalue weighted by molar-refractivity contribution is 8.18. The molecule has 24 heavy (non-hydrogen) atoms. The summed E-state index contributed by atoms with van der Waals surface area (Å²) in [6.07, 6.45) is 4.09. The monoisotopic (exact) mass is 348 g/mol. The lowest BCUT2D eigenvalue weighted by Crippen LogP contribution is -2.23. The molecule has 0 bridgehead atoms. The number of ether oxygens (including phenoxy) is 3. The van der Waals surface area contributed by atoms with Gasteiger partial charge in [0, 0.05) is 24.7 Å². The molecule has 0 unspecified atom stereocenters. The molecular formula is C17H20N2O4S. The second-order valence-electron chi connectivity index (χ2n) is 5.45. The first-order valence-electron chi connectivity index (χ1n) is 7.73. The van der Waals surface area contributed by atoms with Gasteiger partial charge in [-0.25, -0.2) is 0 Å². The summed E-state index contributed by atoms with van der Waals surface area (Å²) in [4.78, 5) is 19.2. The average Bonchev–Trinajstić information content (AvgIpc) is 3.24. The number of amides is 1. The Labute approximate surface area is 145 Å². The maximum atomic E-state index is 12.2. The van der Waals surface area contributed by atoms with Crippen molar-refractivity contribution in [2.45, 2.75) is 12.8 Å². The summed E-state index contributed by atoms with van der Waals surface area (Å²) in [5.41, 5.74) is 0.754. The van der Waals surface area contributed by atoms with Crippen molar-refractivity contribution in [1.29, 1.82) is 0 Å². The lowest BCUT2D eigenvalue weighted by atomic mass is 10.1. The number of carbonyl (C=O) groups excluding carboxylic acids is 1. The van der Waals surface area contributed by atoms with Crippen LogP contribution in [0.25, 0.3) is 6.08 Å². The van der Waals surface area contributed by atoms with Crippen molar-refractivity contribution in [3.8, 4) is 17.2 Å². The molecule has 0 aliphatic carbocycles. The van der Waals surface area contributed by atoms with Crippen LogP contribution in [-0.2, 0) is 4.79 Å². The Morgan fingerprint density at radius 2 is 1.67 bits per heavy atom. The van der Waals surface area contributed by atoms with Gasteiger partial charge in [0.25, 0.3) is 5.91 Å². The van der Waals surface area contributed by atoms with Crippen LogP contribution in [0, 0.1) is 0 Å². The quantitative estimate of drug-likeness (QED) is 0.780. The predicted molar refractivity (Wildman–Crippen MR) is 94.9 cm³/mol. The van der Waals surface area contributed by atoms with Crippen LogP contribution in [0.3, 0.4) is 0 Å². The number of hydrogen-bond acceptors (Lipinski definition) is 6. The van der Waals surface area contributed by atoms with Gasteiger partial charge in [-0.1, -0.05) is 0 Å². The molecule has 2 aliphatic heterocycles. The number of nitrogens with zero attached hydrogens (tertiary/aromatic N) is 2. The number of amidine groups is 1. The fourth-order valence-corrected chi connectivity index (χ4v) is 3.70. The molecule has 6 nitrogen and oxygen atoms in total. The van der Waals surface area contributed by atoms with Crippen molar-refractivity contribution >= 4 is 28.9 Å². The maximum Gasteiger partial charge on any atom is 0.286 e. The highest BCUT2D eigenvalue weighted by Crippen LogP contribution is 2.38. The van der Waals surface area contributed by atoms with Gasteiger partial charge in [-0.3, -0.25) is 4.79 Å². The van der Waals surface area contributed by atoms with Crippen molar-refractivity contribution in [3.05, 3.63) is 22.6 Å². The van der Waals surface area contributed by atoms with E-state index in [0.29, 0.717) is 22.2 Å². The van der Waals surface area contributed by atoms with E-state index >= 15 is 0 Å². The molecule has 128 valence electrons. The van der Waals surface area contributed by atoms with Crippen molar-refractivity contribution in [1.82, 2.24) is 4.90 Å². The Hall–Kier alpha value is -2.15. The Morgan fingerprint density at radius 3 is 2.29 bits per heavy atom. The zero-order valence-corrected chi connectivity index (χ0v) is 14.8. The molecule has 1 saturated heterocycles. The normalized spacial score (nSPS) is 19.0. The molecule has 7 heteroatoms. The third-order valence-corrected chi connectivity index (χ3v) is 5.05. The van der Waals surface area contributed by atoms with E-state index in [2.05, 4.69) is 9.89 Å². The molecular weight excluding hydrogens is 328 g/mol. The van der Waals surface area contributed by atoms with Crippen LogP contribution in [0.1, 0.15) is 18.4 Å². The Balaban J connectivity index is 1.89. The van der Waals surface area contributed by atoms with E-state index in [4.69, 9.17) is 14.2 Å². The fraction of sp³-hybridized carbons (Fsp3) is 0.412. The van der Waals surface area contributed by atoms with Gasteiger partial charge in [0.1, 0.15) is 5.75 Å². The first-order valence-corrected chi connectivity index (χ1v) is 8.55. The predicted octanol–water partition coefficient (Wildman–Crippen LogP) is 2.78. The van der Waals surface area contributed by atoms with Gasteiger partial charge in [-0.15, -0.1) is 0 Å². The molecule has 0 radical (unpaired) electrons. The molecule has 2 heterocycles. The largest absolute Gasteiger partial charge is 0.496 e. The van der Waals surface area contributed by atoms with E-state index in [0.717, 1.165) is 36.7 Å². The number of hydrogen-bond donors (Lipinski definition) is 0. The van der Waals surface area contributed by atoms with Crippen molar-refractivity contribution in [3.63, 3.8) is 0 Å². The third kappa shape index (κ3) is 3.21. The number of benzene rings is 1. The highest BCUT2D eigenvalue weighted by Gasteiger charge is 2.28. The topological polar surface area (TPSA) is 60.4 Å². The van der Waals surface area contributed by atoms with E-state index in [9.17, 15) is 4.79 Å². The van der Waals surface area contributed by atoms with E-state index in [1.807, 2.05) is 0 Å². The Bertz CT molecular complexity index is 709. The van der Waals surface area contributed by atoms with Gasteiger partial charge in [-0.05, 0) is 36.7 Å². The first kappa shape index (κ1) is 16.7. The zero-order valence-electron chi connectivity index (χ0n) is 14.0. The minimum atomic E-state index is -0.210. The summed E-state index contributed by atoms with van der Waals surface area (Å²) in [5, 5.41) is 0.795. The van der Waals surface area contributed by atoms with Crippen LogP contribution < -0.4 is 14.2 Å². The summed E-state index contributed by atoms with van der Waals surface area (Å²) in [5.74, 6) is 1.57. The van der Waals surface area contributed by atoms with Crippen LogP contribution in [0.4, 0.5) is 0 Å². The van der Waals surface area contributed by atoms with Crippen molar-refractivity contribution < 1.29 is 19.0 Å². The van der Waals surface area contributed by atoms with E-state index in [1.54, 1.807) is 39.5 Å². The van der Waals surface area contributed by atoms with Crippen LogP contribution >= 0.6 is 11.8 Å². The Kier molecular flexibility index (Phi) is 4.99. The van der Waals surface area contributed by atoms with Crippen molar-refractivity contribution in [2.75, 3.05) is 34.4 Å².